The van der Waals surface area contributed by atoms with Crippen LogP contribution in [0, 0.1) is 11.8 Å². The molecule has 23 heavy (non-hydrogen) atoms. The van der Waals surface area contributed by atoms with E-state index in [9.17, 15) is 4.79 Å². The number of hydrogen-bond donors (Lipinski definition) is 1. The summed E-state index contributed by atoms with van der Waals surface area (Å²) in [6.07, 6.45) is 2.60. The molecule has 0 amide bonds. The number of nitrogens with zero attached hydrogens (tertiary/aromatic N) is 3. The zero-order chi connectivity index (χ0) is 16.7. The van der Waals surface area contributed by atoms with Crippen LogP contribution in [0.3, 0.4) is 0 Å². The Balaban J connectivity index is 1.98. The Kier molecular flexibility index (Phi) is 6.38. The number of ether oxygens (including phenoxy) is 1. The Morgan fingerprint density at radius 3 is 2.96 bits per heavy atom. The molecule has 1 aromatic heterocycles. The summed E-state index contributed by atoms with van der Waals surface area (Å²) in [6.45, 7) is 7.08. The van der Waals surface area contributed by atoms with E-state index in [1.807, 2.05) is 25.1 Å². The van der Waals surface area contributed by atoms with Gasteiger partial charge in [-0.3, -0.25) is 14.8 Å². The SMILES string of the molecule is CCNC(=NCCc1ccccn1)N1CC(C)C(C(=O)OC)C1. The lowest BCUT2D eigenvalue weighted by molar-refractivity contribution is -0.145. The standard InChI is InChI=1S/C17H26N4O2/c1-4-18-17(20-10-8-14-7-5-6-9-19-14)21-11-13(2)15(12-21)16(22)23-3/h5-7,9,13,15H,4,8,10-12H2,1-3H3,(H,18,20). The predicted molar refractivity (Wildman–Crippen MR) is 90.2 cm³/mol. The molecule has 2 heterocycles. The van der Waals surface area contributed by atoms with Crippen molar-refractivity contribution in [1.82, 2.24) is 15.2 Å². The number of hydrogen-bond acceptors (Lipinski definition) is 4. The topological polar surface area (TPSA) is 66.8 Å². The van der Waals surface area contributed by atoms with Gasteiger partial charge >= 0.3 is 5.97 Å². The molecule has 1 saturated heterocycles. The third-order valence-electron chi connectivity index (χ3n) is 4.11. The van der Waals surface area contributed by atoms with E-state index in [1.54, 1.807) is 6.20 Å². The van der Waals surface area contributed by atoms with Crippen LogP contribution in [0.25, 0.3) is 0 Å². The number of nitrogens with one attached hydrogen (secondary N) is 1. The van der Waals surface area contributed by atoms with E-state index >= 15 is 0 Å². The molecule has 1 aliphatic rings. The van der Waals surface area contributed by atoms with E-state index in [4.69, 9.17) is 4.74 Å². The number of rotatable bonds is 5. The second-order valence-corrected chi connectivity index (χ2v) is 5.82. The molecule has 0 bridgehead atoms. The van der Waals surface area contributed by atoms with Gasteiger partial charge in [0.15, 0.2) is 5.96 Å². The molecule has 0 radical (unpaired) electrons. The molecule has 0 saturated carbocycles. The Morgan fingerprint density at radius 2 is 2.30 bits per heavy atom. The molecule has 2 unspecified atom stereocenters. The molecular formula is C17H26N4O2. The normalized spacial score (nSPS) is 21.3. The summed E-state index contributed by atoms with van der Waals surface area (Å²) < 4.78 is 4.90. The average molecular weight is 318 g/mol. The molecule has 126 valence electrons. The van der Waals surface area contributed by atoms with E-state index in [-0.39, 0.29) is 17.8 Å². The van der Waals surface area contributed by atoms with E-state index in [0.29, 0.717) is 13.1 Å². The van der Waals surface area contributed by atoms with Gasteiger partial charge in [-0.15, -0.1) is 0 Å². The maximum atomic E-state index is 11.8. The summed E-state index contributed by atoms with van der Waals surface area (Å²) in [5.74, 6) is 0.910. The van der Waals surface area contributed by atoms with Gasteiger partial charge in [0.1, 0.15) is 0 Å². The van der Waals surface area contributed by atoms with Crippen molar-refractivity contribution in [3.63, 3.8) is 0 Å². The van der Waals surface area contributed by atoms with Gasteiger partial charge in [0, 0.05) is 44.5 Å². The predicted octanol–water partition coefficient (Wildman–Crippen LogP) is 1.33. The van der Waals surface area contributed by atoms with Crippen LogP contribution in [0.1, 0.15) is 19.5 Å². The highest BCUT2D eigenvalue weighted by Crippen LogP contribution is 2.24. The summed E-state index contributed by atoms with van der Waals surface area (Å²) in [7, 11) is 1.45. The monoisotopic (exact) mass is 318 g/mol. The van der Waals surface area contributed by atoms with Gasteiger partial charge in [-0.25, -0.2) is 0 Å². The lowest BCUT2D eigenvalue weighted by atomic mass is 9.99. The minimum Gasteiger partial charge on any atom is -0.469 e. The van der Waals surface area contributed by atoms with E-state index in [2.05, 4.69) is 27.1 Å². The maximum absolute atomic E-state index is 11.8. The number of carbonyl (C=O) groups excluding carboxylic acids is 1. The van der Waals surface area contributed by atoms with Crippen LogP contribution in [0.15, 0.2) is 29.4 Å². The molecule has 6 nitrogen and oxygen atoms in total. The fourth-order valence-electron chi connectivity index (χ4n) is 2.85. The lowest BCUT2D eigenvalue weighted by Gasteiger charge is -2.21. The van der Waals surface area contributed by atoms with Crippen LogP contribution in [0.4, 0.5) is 0 Å². The molecule has 0 spiro atoms. The molecular weight excluding hydrogens is 292 g/mol. The van der Waals surface area contributed by atoms with Crippen LogP contribution >= 0.6 is 0 Å². The number of methoxy groups -OCH3 is 1. The quantitative estimate of drug-likeness (QED) is 0.504. The second kappa shape index (κ2) is 8.50. The molecule has 2 rings (SSSR count). The van der Waals surface area contributed by atoms with Gasteiger partial charge < -0.3 is 15.0 Å². The molecule has 1 aliphatic heterocycles. The number of carbonyl (C=O) groups is 1. The van der Waals surface area contributed by atoms with Gasteiger partial charge in [-0.1, -0.05) is 13.0 Å². The number of guanidine groups is 1. The number of aliphatic imine (C=N–C) groups is 1. The molecule has 1 fully saturated rings. The zero-order valence-corrected chi connectivity index (χ0v) is 14.2. The minimum absolute atomic E-state index is 0.0837. The van der Waals surface area contributed by atoms with Crippen LogP contribution in [0.2, 0.25) is 0 Å². The molecule has 0 aromatic carbocycles. The zero-order valence-electron chi connectivity index (χ0n) is 14.2. The van der Waals surface area contributed by atoms with Crippen molar-refractivity contribution in [2.75, 3.05) is 33.3 Å². The Labute approximate surface area is 138 Å². The van der Waals surface area contributed by atoms with Crippen molar-refractivity contribution in [3.05, 3.63) is 30.1 Å². The summed E-state index contributed by atoms with van der Waals surface area (Å²) in [6, 6.07) is 5.91. The van der Waals surface area contributed by atoms with Crippen molar-refractivity contribution in [1.29, 1.82) is 0 Å². The number of likely N-dealkylation sites (tertiary alicyclic amines) is 1. The molecule has 1 N–H and O–H groups in total. The summed E-state index contributed by atoms with van der Waals surface area (Å²) >= 11 is 0. The van der Waals surface area contributed by atoms with Crippen LogP contribution in [-0.4, -0.2) is 55.1 Å². The van der Waals surface area contributed by atoms with Crippen LogP contribution in [-0.2, 0) is 16.0 Å². The van der Waals surface area contributed by atoms with Crippen molar-refractivity contribution >= 4 is 11.9 Å². The van der Waals surface area contributed by atoms with Crippen molar-refractivity contribution in [2.45, 2.75) is 20.3 Å². The molecule has 0 aliphatic carbocycles. The molecule has 6 heteroatoms. The highest BCUT2D eigenvalue weighted by Gasteiger charge is 2.36. The average Bonchev–Trinajstić information content (AvgIpc) is 2.96. The van der Waals surface area contributed by atoms with Crippen molar-refractivity contribution in [2.24, 2.45) is 16.8 Å². The highest BCUT2D eigenvalue weighted by molar-refractivity contribution is 5.82. The first-order valence-electron chi connectivity index (χ1n) is 8.16. The Bertz CT molecular complexity index is 533. The molecule has 1 aromatic rings. The first kappa shape index (κ1) is 17.2. The van der Waals surface area contributed by atoms with Gasteiger partial charge in [0.05, 0.1) is 13.0 Å². The first-order valence-corrected chi connectivity index (χ1v) is 8.16. The van der Waals surface area contributed by atoms with Crippen molar-refractivity contribution in [3.8, 4) is 0 Å². The van der Waals surface area contributed by atoms with Crippen molar-refractivity contribution < 1.29 is 9.53 Å². The minimum atomic E-state index is -0.135. The summed E-state index contributed by atoms with van der Waals surface area (Å²) in [4.78, 5) is 23.0. The first-order chi connectivity index (χ1) is 11.2. The van der Waals surface area contributed by atoms with Gasteiger partial charge in [0.2, 0.25) is 0 Å². The van der Waals surface area contributed by atoms with Gasteiger partial charge in [0.25, 0.3) is 0 Å². The van der Waals surface area contributed by atoms with Crippen LogP contribution < -0.4 is 5.32 Å². The Morgan fingerprint density at radius 1 is 1.48 bits per heavy atom. The van der Waals surface area contributed by atoms with Crippen LogP contribution in [0.5, 0.6) is 0 Å². The lowest BCUT2D eigenvalue weighted by Crippen LogP contribution is -2.40. The van der Waals surface area contributed by atoms with E-state index in [0.717, 1.165) is 31.2 Å². The van der Waals surface area contributed by atoms with E-state index < -0.39 is 0 Å². The summed E-state index contributed by atoms with van der Waals surface area (Å²) in [5.41, 5.74) is 1.04. The maximum Gasteiger partial charge on any atom is 0.310 e. The molecule has 2 atom stereocenters. The summed E-state index contributed by atoms with van der Waals surface area (Å²) in [5, 5.41) is 3.31. The fraction of sp³-hybridized carbons (Fsp3) is 0.588. The van der Waals surface area contributed by atoms with Gasteiger partial charge in [-0.05, 0) is 25.0 Å². The smallest absolute Gasteiger partial charge is 0.310 e. The number of aromatic nitrogens is 1. The third-order valence-corrected chi connectivity index (χ3v) is 4.11. The third kappa shape index (κ3) is 4.68. The highest BCUT2D eigenvalue weighted by atomic mass is 16.5. The van der Waals surface area contributed by atoms with Gasteiger partial charge in [-0.2, -0.15) is 0 Å². The Hall–Kier alpha value is -2.11. The second-order valence-electron chi connectivity index (χ2n) is 5.82. The van der Waals surface area contributed by atoms with E-state index in [1.165, 1.54) is 7.11 Å². The number of esters is 1. The number of pyridine rings is 1. The largest absolute Gasteiger partial charge is 0.469 e. The fourth-order valence-corrected chi connectivity index (χ4v) is 2.85.